The summed E-state index contributed by atoms with van der Waals surface area (Å²) >= 11 is 0. The summed E-state index contributed by atoms with van der Waals surface area (Å²) in [5.41, 5.74) is 15.3. The van der Waals surface area contributed by atoms with Crippen LogP contribution in [0.3, 0.4) is 0 Å². The molecule has 0 radical (unpaired) electrons. The van der Waals surface area contributed by atoms with Crippen LogP contribution in [0, 0.1) is 5.92 Å². The average Bonchev–Trinajstić information content (AvgIpc) is 3.38. The molecule has 10 heteroatoms. The summed E-state index contributed by atoms with van der Waals surface area (Å²) in [7, 11) is 0. The first-order valence-electron chi connectivity index (χ1n) is 10.1. The predicted octanol–water partition coefficient (Wildman–Crippen LogP) is 1.75. The summed E-state index contributed by atoms with van der Waals surface area (Å²) in [4.78, 5) is 29.3. The number of amides is 2. The van der Waals surface area contributed by atoms with Gasteiger partial charge in [-0.05, 0) is 24.5 Å². The number of fused-ring (bicyclic) bond motifs is 1. The Morgan fingerprint density at radius 2 is 2.06 bits per heavy atom. The third-order valence-electron chi connectivity index (χ3n) is 5.84. The van der Waals surface area contributed by atoms with Crippen molar-refractivity contribution in [3.05, 3.63) is 48.0 Å². The molecule has 4 heterocycles. The number of aromatic nitrogens is 3. The van der Waals surface area contributed by atoms with Crippen LogP contribution in [0.4, 0.5) is 10.5 Å². The third kappa shape index (κ3) is 3.89. The maximum absolute atomic E-state index is 12.1. The molecule has 2 unspecified atom stereocenters. The van der Waals surface area contributed by atoms with Crippen molar-refractivity contribution in [1.29, 1.82) is 0 Å². The summed E-state index contributed by atoms with van der Waals surface area (Å²) in [5.74, 6) is -0.483. The molecule has 162 valence electrons. The van der Waals surface area contributed by atoms with Crippen molar-refractivity contribution >= 4 is 23.2 Å². The molecule has 2 atom stereocenters. The number of hydrogen-bond donors (Lipinski definition) is 4. The van der Waals surface area contributed by atoms with E-state index in [-0.39, 0.29) is 17.5 Å². The Morgan fingerprint density at radius 3 is 2.68 bits per heavy atom. The molecule has 0 bridgehead atoms. The van der Waals surface area contributed by atoms with E-state index in [9.17, 15) is 14.7 Å². The highest BCUT2D eigenvalue weighted by Crippen LogP contribution is 2.31. The second kappa shape index (κ2) is 8.23. The van der Waals surface area contributed by atoms with Crippen molar-refractivity contribution in [3.8, 4) is 11.1 Å². The molecule has 1 aliphatic heterocycles. The maximum atomic E-state index is 12.1. The van der Waals surface area contributed by atoms with E-state index < -0.39 is 12.0 Å². The van der Waals surface area contributed by atoms with Gasteiger partial charge in [-0.2, -0.15) is 5.10 Å². The first-order valence-corrected chi connectivity index (χ1v) is 10.1. The molecular formula is C21H25N7O3. The van der Waals surface area contributed by atoms with Gasteiger partial charge < -0.3 is 26.8 Å². The number of anilines is 1. The van der Waals surface area contributed by atoms with Crippen LogP contribution in [-0.4, -0.2) is 55.7 Å². The van der Waals surface area contributed by atoms with E-state index >= 15 is 0 Å². The molecule has 1 fully saturated rings. The quantitative estimate of drug-likeness (QED) is 0.471. The fourth-order valence-corrected chi connectivity index (χ4v) is 4.06. The molecule has 10 nitrogen and oxygen atoms in total. The van der Waals surface area contributed by atoms with E-state index in [0.29, 0.717) is 30.8 Å². The summed E-state index contributed by atoms with van der Waals surface area (Å²) in [6.07, 6.45) is 4.88. The molecule has 3 aromatic heterocycles. The highest BCUT2D eigenvalue weighted by Gasteiger charge is 2.35. The molecular weight excluding hydrogens is 398 g/mol. The molecule has 1 aliphatic rings. The molecule has 31 heavy (non-hydrogen) atoms. The number of nitrogens with zero attached hydrogens (tertiary/aromatic N) is 4. The van der Waals surface area contributed by atoms with Crippen molar-refractivity contribution in [2.24, 2.45) is 17.4 Å². The normalized spacial score (nSPS) is 18.5. The minimum absolute atomic E-state index is 0.118. The molecule has 0 saturated carbocycles. The van der Waals surface area contributed by atoms with Crippen molar-refractivity contribution in [1.82, 2.24) is 19.5 Å². The molecule has 4 rings (SSSR count). The summed E-state index contributed by atoms with van der Waals surface area (Å²) < 4.78 is 1.67. The lowest BCUT2D eigenvalue weighted by molar-refractivity contribution is 0.100. The number of primary amides is 1. The van der Waals surface area contributed by atoms with Gasteiger partial charge in [0.2, 0.25) is 0 Å². The number of carboxylic acid groups (broad SMARTS) is 1. The van der Waals surface area contributed by atoms with Gasteiger partial charge in [-0.3, -0.25) is 9.78 Å². The van der Waals surface area contributed by atoms with E-state index in [1.165, 1.54) is 11.1 Å². The second-order valence-electron chi connectivity index (χ2n) is 7.71. The minimum atomic E-state index is -0.948. The average molecular weight is 423 g/mol. The largest absolute Gasteiger partial charge is 0.465 e. The van der Waals surface area contributed by atoms with Crippen LogP contribution in [0.25, 0.3) is 16.6 Å². The Hall–Kier alpha value is -3.66. The fourth-order valence-electron chi connectivity index (χ4n) is 4.06. The predicted molar refractivity (Wildman–Crippen MR) is 116 cm³/mol. The number of rotatable bonds is 6. The van der Waals surface area contributed by atoms with E-state index in [1.807, 2.05) is 31.3 Å². The fraction of sp³-hybridized carbons (Fsp3) is 0.333. The van der Waals surface area contributed by atoms with Crippen LogP contribution in [0.2, 0.25) is 0 Å². The molecule has 0 aliphatic carbocycles. The van der Waals surface area contributed by atoms with Crippen molar-refractivity contribution in [3.63, 3.8) is 0 Å². The first-order chi connectivity index (χ1) is 14.9. The Labute approximate surface area is 178 Å². The molecule has 3 aromatic rings. The van der Waals surface area contributed by atoms with E-state index in [2.05, 4.69) is 15.4 Å². The lowest BCUT2D eigenvalue weighted by Crippen LogP contribution is -2.32. The van der Waals surface area contributed by atoms with Gasteiger partial charge in [0.1, 0.15) is 0 Å². The Balaban J connectivity index is 1.75. The number of hydrogen-bond acceptors (Lipinski definition) is 6. The summed E-state index contributed by atoms with van der Waals surface area (Å²) in [5, 5.41) is 17.1. The lowest BCUT2D eigenvalue weighted by atomic mass is 10.00. The van der Waals surface area contributed by atoms with E-state index in [1.54, 1.807) is 10.7 Å². The number of nitrogens with two attached hydrogens (primary N) is 2. The van der Waals surface area contributed by atoms with Crippen molar-refractivity contribution in [2.45, 2.75) is 25.9 Å². The standard InChI is InChI=1S/C21H25N7O3/c1-2-12-9-27(21(30)31)11-17(12)26-19-16(20(23)29)8-25-28-10-14(5-18(19)28)13-3-4-15(6-22)24-7-13/h3-5,7-8,10,12,17,26H,2,6,9,11,22H2,1H3,(H2,23,29)(H,30,31). The topological polar surface area (TPSA) is 152 Å². The Bertz CT molecular complexity index is 1130. The van der Waals surface area contributed by atoms with Gasteiger partial charge in [-0.25, -0.2) is 9.31 Å². The van der Waals surface area contributed by atoms with E-state index in [0.717, 1.165) is 23.2 Å². The highest BCUT2D eigenvalue weighted by molar-refractivity contribution is 6.02. The second-order valence-corrected chi connectivity index (χ2v) is 7.71. The number of likely N-dealkylation sites (tertiary alicyclic amines) is 1. The van der Waals surface area contributed by atoms with Crippen molar-refractivity contribution < 1.29 is 14.7 Å². The number of pyridine rings is 1. The van der Waals surface area contributed by atoms with Gasteiger partial charge in [0, 0.05) is 49.2 Å². The SMILES string of the molecule is CCC1CN(C(=O)O)CC1Nc1c(C(N)=O)cnn2cc(-c3ccc(CN)nc3)cc12. The number of carbonyl (C=O) groups excluding carboxylic acids is 1. The van der Waals surface area contributed by atoms with Gasteiger partial charge in [0.15, 0.2) is 0 Å². The van der Waals surface area contributed by atoms with Crippen LogP contribution < -0.4 is 16.8 Å². The van der Waals surface area contributed by atoms with E-state index in [4.69, 9.17) is 11.5 Å². The number of nitrogens with one attached hydrogen (secondary N) is 1. The van der Waals surface area contributed by atoms with Gasteiger partial charge in [0.25, 0.3) is 5.91 Å². The van der Waals surface area contributed by atoms with Crippen LogP contribution in [0.1, 0.15) is 29.4 Å². The molecule has 6 N–H and O–H groups in total. The zero-order valence-corrected chi connectivity index (χ0v) is 17.2. The van der Waals surface area contributed by atoms with Gasteiger partial charge in [-0.1, -0.05) is 13.0 Å². The van der Waals surface area contributed by atoms with Crippen LogP contribution in [-0.2, 0) is 6.54 Å². The monoisotopic (exact) mass is 423 g/mol. The first kappa shape index (κ1) is 20.6. The Morgan fingerprint density at radius 1 is 1.26 bits per heavy atom. The van der Waals surface area contributed by atoms with Crippen LogP contribution >= 0.6 is 0 Å². The molecule has 1 saturated heterocycles. The van der Waals surface area contributed by atoms with Crippen LogP contribution in [0.15, 0.2) is 36.8 Å². The minimum Gasteiger partial charge on any atom is -0.465 e. The summed E-state index contributed by atoms with van der Waals surface area (Å²) in [6, 6.07) is 5.56. The van der Waals surface area contributed by atoms with Crippen LogP contribution in [0.5, 0.6) is 0 Å². The van der Waals surface area contributed by atoms with Gasteiger partial charge >= 0.3 is 6.09 Å². The molecule has 2 amide bonds. The van der Waals surface area contributed by atoms with Gasteiger partial charge in [0.05, 0.1) is 28.7 Å². The zero-order chi connectivity index (χ0) is 22.1. The Kier molecular flexibility index (Phi) is 5.47. The lowest BCUT2D eigenvalue weighted by Gasteiger charge is -2.21. The van der Waals surface area contributed by atoms with Crippen molar-refractivity contribution in [2.75, 3.05) is 18.4 Å². The highest BCUT2D eigenvalue weighted by atomic mass is 16.4. The smallest absolute Gasteiger partial charge is 0.407 e. The van der Waals surface area contributed by atoms with Gasteiger partial charge in [-0.15, -0.1) is 0 Å². The maximum Gasteiger partial charge on any atom is 0.407 e. The summed E-state index contributed by atoms with van der Waals surface area (Å²) in [6.45, 7) is 3.17. The zero-order valence-electron chi connectivity index (χ0n) is 17.2. The molecule has 0 spiro atoms. The molecule has 0 aromatic carbocycles. The number of carbonyl (C=O) groups is 2. The third-order valence-corrected chi connectivity index (χ3v) is 5.84.